The fourth-order valence-electron chi connectivity index (χ4n) is 1.59. The van der Waals surface area contributed by atoms with Gasteiger partial charge in [-0.25, -0.2) is 0 Å². The van der Waals surface area contributed by atoms with Crippen molar-refractivity contribution < 1.29 is 9.47 Å². The molecule has 0 radical (unpaired) electrons. The molecular formula is C12H13NO2. The van der Waals surface area contributed by atoms with Crippen LogP contribution in [-0.4, -0.2) is 19.2 Å². The second-order valence-electron chi connectivity index (χ2n) is 3.38. The molecule has 0 aliphatic carbocycles. The van der Waals surface area contributed by atoms with Crippen LogP contribution in [0.4, 0.5) is 0 Å². The molecule has 78 valence electrons. The SMILES string of the molecule is COc1cc(OC)c2cnc(C)cc2c1. The van der Waals surface area contributed by atoms with Crippen molar-refractivity contribution in [2.24, 2.45) is 0 Å². The van der Waals surface area contributed by atoms with Crippen LogP contribution in [0.15, 0.2) is 24.4 Å². The molecule has 1 heterocycles. The zero-order valence-electron chi connectivity index (χ0n) is 9.07. The number of ether oxygens (including phenoxy) is 2. The van der Waals surface area contributed by atoms with Gasteiger partial charge in [0, 0.05) is 23.3 Å². The van der Waals surface area contributed by atoms with E-state index in [4.69, 9.17) is 9.47 Å². The van der Waals surface area contributed by atoms with Gasteiger partial charge in [0.25, 0.3) is 0 Å². The van der Waals surface area contributed by atoms with Crippen LogP contribution in [0.1, 0.15) is 5.69 Å². The Kier molecular flexibility index (Phi) is 2.46. The van der Waals surface area contributed by atoms with Crippen molar-refractivity contribution in [1.29, 1.82) is 0 Å². The van der Waals surface area contributed by atoms with E-state index < -0.39 is 0 Å². The van der Waals surface area contributed by atoms with Gasteiger partial charge in [-0.3, -0.25) is 4.98 Å². The lowest BCUT2D eigenvalue weighted by Crippen LogP contribution is -1.90. The minimum absolute atomic E-state index is 0.789. The van der Waals surface area contributed by atoms with Gasteiger partial charge < -0.3 is 9.47 Å². The maximum atomic E-state index is 5.29. The molecule has 15 heavy (non-hydrogen) atoms. The fraction of sp³-hybridized carbons (Fsp3) is 0.250. The van der Waals surface area contributed by atoms with Gasteiger partial charge in [0.2, 0.25) is 0 Å². The summed E-state index contributed by atoms with van der Waals surface area (Å²) in [6.45, 7) is 1.96. The minimum atomic E-state index is 0.789. The van der Waals surface area contributed by atoms with Gasteiger partial charge >= 0.3 is 0 Å². The Balaban J connectivity index is 2.74. The van der Waals surface area contributed by atoms with Crippen LogP contribution >= 0.6 is 0 Å². The Morgan fingerprint density at radius 1 is 1.07 bits per heavy atom. The van der Waals surface area contributed by atoms with Crippen molar-refractivity contribution in [3.63, 3.8) is 0 Å². The summed E-state index contributed by atoms with van der Waals surface area (Å²) in [5.41, 5.74) is 0.984. The van der Waals surface area contributed by atoms with Crippen molar-refractivity contribution in [1.82, 2.24) is 4.98 Å². The molecule has 0 amide bonds. The Hall–Kier alpha value is -1.77. The molecule has 0 aliphatic heterocycles. The number of hydrogen-bond donors (Lipinski definition) is 0. The summed E-state index contributed by atoms with van der Waals surface area (Å²) >= 11 is 0. The number of benzene rings is 1. The average Bonchev–Trinajstić information content (AvgIpc) is 2.26. The molecule has 0 unspecified atom stereocenters. The predicted octanol–water partition coefficient (Wildman–Crippen LogP) is 2.56. The highest BCUT2D eigenvalue weighted by Crippen LogP contribution is 2.30. The summed E-state index contributed by atoms with van der Waals surface area (Å²) < 4.78 is 10.5. The van der Waals surface area contributed by atoms with Crippen molar-refractivity contribution in [3.8, 4) is 11.5 Å². The zero-order chi connectivity index (χ0) is 10.8. The summed E-state index contributed by atoms with van der Waals surface area (Å²) in [5.74, 6) is 1.58. The maximum absolute atomic E-state index is 5.29. The van der Waals surface area contributed by atoms with Crippen LogP contribution in [0.3, 0.4) is 0 Å². The number of pyridine rings is 1. The van der Waals surface area contributed by atoms with E-state index in [0.717, 1.165) is 28.0 Å². The molecule has 0 fully saturated rings. The van der Waals surface area contributed by atoms with E-state index in [0.29, 0.717) is 0 Å². The molecule has 0 saturated carbocycles. The Bertz CT molecular complexity index is 494. The molecule has 3 nitrogen and oxygen atoms in total. The smallest absolute Gasteiger partial charge is 0.131 e. The van der Waals surface area contributed by atoms with Crippen LogP contribution in [0.2, 0.25) is 0 Å². The van der Waals surface area contributed by atoms with Crippen molar-refractivity contribution in [2.75, 3.05) is 14.2 Å². The topological polar surface area (TPSA) is 31.4 Å². The lowest BCUT2D eigenvalue weighted by Gasteiger charge is -2.08. The molecule has 1 aromatic carbocycles. The Labute approximate surface area is 88.7 Å². The van der Waals surface area contributed by atoms with E-state index in [9.17, 15) is 0 Å². The van der Waals surface area contributed by atoms with Gasteiger partial charge in [-0.2, -0.15) is 0 Å². The third-order valence-electron chi connectivity index (χ3n) is 2.36. The van der Waals surface area contributed by atoms with Crippen LogP contribution in [0.25, 0.3) is 10.8 Å². The molecule has 0 aliphatic rings. The highest BCUT2D eigenvalue weighted by atomic mass is 16.5. The Morgan fingerprint density at radius 2 is 1.87 bits per heavy atom. The van der Waals surface area contributed by atoms with Crippen LogP contribution < -0.4 is 9.47 Å². The third-order valence-corrected chi connectivity index (χ3v) is 2.36. The van der Waals surface area contributed by atoms with Gasteiger partial charge in [0.15, 0.2) is 0 Å². The first-order chi connectivity index (χ1) is 7.24. The Morgan fingerprint density at radius 3 is 2.53 bits per heavy atom. The zero-order valence-corrected chi connectivity index (χ0v) is 9.07. The molecule has 2 aromatic rings. The number of fused-ring (bicyclic) bond motifs is 1. The summed E-state index contributed by atoms with van der Waals surface area (Å²) in [5, 5.41) is 2.09. The molecule has 3 heteroatoms. The van der Waals surface area contributed by atoms with Crippen molar-refractivity contribution >= 4 is 10.8 Å². The second-order valence-corrected chi connectivity index (χ2v) is 3.38. The summed E-state index contributed by atoms with van der Waals surface area (Å²) in [4.78, 5) is 4.25. The second kappa shape index (κ2) is 3.77. The summed E-state index contributed by atoms with van der Waals surface area (Å²) in [6, 6.07) is 5.85. The third kappa shape index (κ3) is 1.73. The molecule has 2 rings (SSSR count). The highest BCUT2D eigenvalue weighted by molar-refractivity contribution is 5.89. The monoisotopic (exact) mass is 203 g/mol. The van der Waals surface area contributed by atoms with E-state index in [-0.39, 0.29) is 0 Å². The van der Waals surface area contributed by atoms with Gasteiger partial charge in [-0.15, -0.1) is 0 Å². The number of methoxy groups -OCH3 is 2. The summed E-state index contributed by atoms with van der Waals surface area (Å²) in [7, 11) is 3.29. The molecule has 1 aromatic heterocycles. The normalized spacial score (nSPS) is 10.3. The lowest BCUT2D eigenvalue weighted by molar-refractivity contribution is 0.398. The number of nitrogens with zero attached hydrogens (tertiary/aromatic N) is 1. The van der Waals surface area contributed by atoms with Gasteiger partial charge in [-0.1, -0.05) is 0 Å². The van der Waals surface area contributed by atoms with E-state index in [2.05, 4.69) is 4.98 Å². The number of rotatable bonds is 2. The molecule has 0 atom stereocenters. The summed E-state index contributed by atoms with van der Waals surface area (Å²) in [6.07, 6.45) is 1.82. The number of aryl methyl sites for hydroxylation is 1. The molecular weight excluding hydrogens is 190 g/mol. The molecule has 0 N–H and O–H groups in total. The number of aromatic nitrogens is 1. The minimum Gasteiger partial charge on any atom is -0.497 e. The maximum Gasteiger partial charge on any atom is 0.131 e. The first-order valence-corrected chi connectivity index (χ1v) is 4.73. The molecule has 0 spiro atoms. The van der Waals surface area contributed by atoms with Crippen molar-refractivity contribution in [2.45, 2.75) is 6.92 Å². The lowest BCUT2D eigenvalue weighted by atomic mass is 10.1. The largest absolute Gasteiger partial charge is 0.497 e. The van der Waals surface area contributed by atoms with Crippen LogP contribution in [0.5, 0.6) is 11.5 Å². The predicted molar refractivity (Wildman–Crippen MR) is 59.6 cm³/mol. The number of hydrogen-bond acceptors (Lipinski definition) is 3. The first kappa shape index (κ1) is 9.77. The highest BCUT2D eigenvalue weighted by Gasteiger charge is 2.05. The van der Waals surface area contributed by atoms with Gasteiger partial charge in [-0.05, 0) is 24.4 Å². The van der Waals surface area contributed by atoms with E-state index in [1.54, 1.807) is 14.2 Å². The van der Waals surface area contributed by atoms with E-state index >= 15 is 0 Å². The first-order valence-electron chi connectivity index (χ1n) is 4.73. The fourth-order valence-corrected chi connectivity index (χ4v) is 1.59. The molecule has 0 saturated heterocycles. The molecule has 0 bridgehead atoms. The standard InChI is InChI=1S/C12H13NO2/c1-8-4-9-5-10(14-2)6-12(15-3)11(9)7-13-8/h4-7H,1-3H3. The van der Waals surface area contributed by atoms with E-state index in [1.807, 2.05) is 31.3 Å². The van der Waals surface area contributed by atoms with Crippen molar-refractivity contribution in [3.05, 3.63) is 30.1 Å². The quantitative estimate of drug-likeness (QED) is 0.751. The van der Waals surface area contributed by atoms with Crippen LogP contribution in [0, 0.1) is 6.92 Å². The van der Waals surface area contributed by atoms with Crippen LogP contribution in [-0.2, 0) is 0 Å². The average molecular weight is 203 g/mol. The van der Waals surface area contributed by atoms with E-state index in [1.165, 1.54) is 0 Å². The van der Waals surface area contributed by atoms with Gasteiger partial charge in [0.1, 0.15) is 11.5 Å². The van der Waals surface area contributed by atoms with Gasteiger partial charge in [0.05, 0.1) is 14.2 Å².